The van der Waals surface area contributed by atoms with Crippen LogP contribution in [-0.4, -0.2) is 34.3 Å². The summed E-state index contributed by atoms with van der Waals surface area (Å²) in [5.74, 6) is -0.0778. The maximum Gasteiger partial charge on any atom is 0.338 e. The number of esters is 1. The molecule has 4 aromatic rings. The highest BCUT2D eigenvalue weighted by atomic mass is 35.5. The summed E-state index contributed by atoms with van der Waals surface area (Å²) >= 11 is 6.00. The smallest absolute Gasteiger partial charge is 0.338 e. The lowest BCUT2D eigenvalue weighted by molar-refractivity contribution is 0.0602. The van der Waals surface area contributed by atoms with Gasteiger partial charge in [-0.05, 0) is 48.7 Å². The summed E-state index contributed by atoms with van der Waals surface area (Å²) in [5.41, 5.74) is 0.711. The van der Waals surface area contributed by atoms with E-state index in [2.05, 4.69) is 0 Å². The highest BCUT2D eigenvalue weighted by Gasteiger charge is 2.30. The summed E-state index contributed by atoms with van der Waals surface area (Å²) in [6.45, 7) is -0.0229. The van der Waals surface area contributed by atoms with Crippen molar-refractivity contribution >= 4 is 28.6 Å². The molecule has 0 saturated heterocycles. The van der Waals surface area contributed by atoms with Crippen LogP contribution in [-0.2, 0) is 11.3 Å². The average Bonchev–Trinajstić information content (AvgIpc) is 3.72. The normalized spacial score (nSPS) is 13.1. The molecule has 8 nitrogen and oxygen atoms in total. The summed E-state index contributed by atoms with van der Waals surface area (Å²) in [7, 11) is 2.76. The molecule has 0 atom stereocenters. The van der Waals surface area contributed by atoms with Gasteiger partial charge in [0.2, 0.25) is 0 Å². The summed E-state index contributed by atoms with van der Waals surface area (Å²) in [6, 6.07) is 15.4. The number of benzene rings is 2. The maximum atomic E-state index is 13.9. The molecule has 1 saturated carbocycles. The molecule has 0 radical (unpaired) electrons. The molecule has 1 aliphatic carbocycles. The number of carbonyl (C=O) groups excluding carboxylic acids is 1. The van der Waals surface area contributed by atoms with E-state index in [0.717, 1.165) is 17.4 Å². The highest BCUT2D eigenvalue weighted by molar-refractivity contribution is 6.30. The summed E-state index contributed by atoms with van der Waals surface area (Å²) < 4.78 is 12.9. The van der Waals surface area contributed by atoms with Crippen LogP contribution in [0, 0.1) is 0 Å². The lowest BCUT2D eigenvalue weighted by Crippen LogP contribution is -2.41. The van der Waals surface area contributed by atoms with Gasteiger partial charge in [0.05, 0.1) is 37.4 Å². The van der Waals surface area contributed by atoms with Crippen LogP contribution in [0.2, 0.25) is 5.02 Å². The van der Waals surface area contributed by atoms with Crippen molar-refractivity contribution in [3.63, 3.8) is 0 Å². The molecule has 2 heterocycles. The fourth-order valence-corrected chi connectivity index (χ4v) is 4.29. The molecule has 5 rings (SSSR count). The van der Waals surface area contributed by atoms with Crippen LogP contribution >= 0.6 is 11.6 Å². The van der Waals surface area contributed by atoms with Gasteiger partial charge >= 0.3 is 11.7 Å². The number of para-hydroxylation sites is 2. The minimum atomic E-state index is -0.667. The number of hydrogen-bond acceptors (Lipinski definition) is 6. The SMILES string of the molecule is COC(=O)c1cc(C2CC2)nc2c1c(=O)n(Cc1ccc(Cl)cc1)c(=O)n2-c1ccccc1OC. The summed E-state index contributed by atoms with van der Waals surface area (Å²) in [5, 5.41) is 0.552. The number of halogens is 1. The van der Waals surface area contributed by atoms with Gasteiger partial charge in [-0.15, -0.1) is 0 Å². The zero-order valence-corrected chi connectivity index (χ0v) is 19.9. The largest absolute Gasteiger partial charge is 0.495 e. The maximum absolute atomic E-state index is 13.9. The van der Waals surface area contributed by atoms with Gasteiger partial charge in [0, 0.05) is 16.6 Å². The van der Waals surface area contributed by atoms with E-state index in [0.29, 0.717) is 27.7 Å². The fraction of sp³-hybridized carbons (Fsp3) is 0.231. The first-order valence-electron chi connectivity index (χ1n) is 11.1. The van der Waals surface area contributed by atoms with E-state index in [-0.39, 0.29) is 29.1 Å². The lowest BCUT2D eigenvalue weighted by Gasteiger charge is -2.18. The van der Waals surface area contributed by atoms with Crippen molar-refractivity contribution < 1.29 is 14.3 Å². The minimum Gasteiger partial charge on any atom is -0.495 e. The second kappa shape index (κ2) is 9.03. The van der Waals surface area contributed by atoms with Gasteiger partial charge in [-0.3, -0.25) is 9.36 Å². The number of rotatable bonds is 6. The Bertz CT molecular complexity index is 1570. The topological polar surface area (TPSA) is 92.4 Å². The monoisotopic (exact) mass is 491 g/mol. The first-order valence-corrected chi connectivity index (χ1v) is 11.5. The number of aromatic nitrogens is 3. The molecular formula is C26H22ClN3O5. The third-order valence-corrected chi connectivity index (χ3v) is 6.35. The molecule has 0 amide bonds. The Morgan fingerprint density at radius 3 is 2.46 bits per heavy atom. The van der Waals surface area contributed by atoms with Gasteiger partial charge in [-0.2, -0.15) is 0 Å². The molecule has 35 heavy (non-hydrogen) atoms. The minimum absolute atomic E-state index is 0.0146. The number of carbonyl (C=O) groups is 1. The molecule has 2 aromatic heterocycles. The number of ether oxygens (including phenoxy) is 2. The second-order valence-corrected chi connectivity index (χ2v) is 8.80. The number of nitrogens with zero attached hydrogens (tertiary/aromatic N) is 3. The molecule has 1 fully saturated rings. The standard InChI is InChI=1S/C26H22ClN3O5/c1-34-21-6-4-3-5-20(21)30-23-22(18(25(32)35-2)13-19(28-23)16-9-10-16)24(31)29(26(30)33)14-15-7-11-17(27)12-8-15/h3-8,11-13,16H,9-10,14H2,1-2H3. The zero-order chi connectivity index (χ0) is 24.7. The van der Waals surface area contributed by atoms with Gasteiger partial charge in [0.15, 0.2) is 5.65 Å². The fourth-order valence-electron chi connectivity index (χ4n) is 4.16. The highest BCUT2D eigenvalue weighted by Crippen LogP contribution is 2.40. The molecule has 1 aliphatic rings. The van der Waals surface area contributed by atoms with Crippen molar-refractivity contribution in [1.29, 1.82) is 0 Å². The van der Waals surface area contributed by atoms with E-state index in [9.17, 15) is 14.4 Å². The molecule has 178 valence electrons. The van der Waals surface area contributed by atoms with Crippen LogP contribution in [0.1, 0.15) is 40.4 Å². The quantitative estimate of drug-likeness (QED) is 0.379. The van der Waals surface area contributed by atoms with Crippen LogP contribution in [0.4, 0.5) is 0 Å². The van der Waals surface area contributed by atoms with Crippen LogP contribution in [0.3, 0.4) is 0 Å². The van der Waals surface area contributed by atoms with Crippen molar-refractivity contribution in [3.05, 3.63) is 97.3 Å². The van der Waals surface area contributed by atoms with Crippen molar-refractivity contribution in [2.75, 3.05) is 14.2 Å². The average molecular weight is 492 g/mol. The number of pyridine rings is 1. The van der Waals surface area contributed by atoms with Crippen LogP contribution in [0.5, 0.6) is 5.75 Å². The van der Waals surface area contributed by atoms with Gasteiger partial charge < -0.3 is 9.47 Å². The van der Waals surface area contributed by atoms with Gasteiger partial charge in [-0.1, -0.05) is 35.9 Å². The van der Waals surface area contributed by atoms with E-state index in [1.54, 1.807) is 54.6 Å². The Morgan fingerprint density at radius 2 is 1.80 bits per heavy atom. The van der Waals surface area contributed by atoms with E-state index in [1.807, 2.05) is 0 Å². The first kappa shape index (κ1) is 22.9. The van der Waals surface area contributed by atoms with E-state index < -0.39 is 17.2 Å². The summed E-state index contributed by atoms with van der Waals surface area (Å²) in [6.07, 6.45) is 1.84. The zero-order valence-electron chi connectivity index (χ0n) is 19.2. The van der Waals surface area contributed by atoms with E-state index in [4.69, 9.17) is 26.1 Å². The molecule has 2 aromatic carbocycles. The molecule has 0 unspecified atom stereocenters. The van der Waals surface area contributed by atoms with Gasteiger partial charge in [0.25, 0.3) is 5.56 Å². The molecular weight excluding hydrogens is 470 g/mol. The third-order valence-electron chi connectivity index (χ3n) is 6.09. The van der Waals surface area contributed by atoms with Gasteiger partial charge in [0.1, 0.15) is 5.75 Å². The Hall–Kier alpha value is -3.91. The van der Waals surface area contributed by atoms with Crippen molar-refractivity contribution in [2.24, 2.45) is 0 Å². The predicted molar refractivity (Wildman–Crippen MR) is 132 cm³/mol. The Kier molecular flexibility index (Phi) is 5.90. The number of fused-ring (bicyclic) bond motifs is 1. The number of methoxy groups -OCH3 is 2. The van der Waals surface area contributed by atoms with Crippen LogP contribution in [0.15, 0.2) is 64.2 Å². The lowest BCUT2D eigenvalue weighted by atomic mass is 10.1. The van der Waals surface area contributed by atoms with Gasteiger partial charge in [-0.25, -0.2) is 19.1 Å². The van der Waals surface area contributed by atoms with Crippen molar-refractivity contribution in [3.8, 4) is 11.4 Å². The number of hydrogen-bond donors (Lipinski definition) is 0. The Balaban J connectivity index is 1.90. The molecule has 0 bridgehead atoms. The first-order chi connectivity index (χ1) is 16.9. The Labute approximate surface area is 205 Å². The molecule has 0 aliphatic heterocycles. The van der Waals surface area contributed by atoms with Crippen LogP contribution in [0.25, 0.3) is 16.7 Å². The molecule has 0 spiro atoms. The van der Waals surface area contributed by atoms with E-state index >= 15 is 0 Å². The summed E-state index contributed by atoms with van der Waals surface area (Å²) in [4.78, 5) is 45.1. The molecule has 9 heteroatoms. The predicted octanol–water partition coefficient (Wildman–Crippen LogP) is 3.92. The van der Waals surface area contributed by atoms with Crippen molar-refractivity contribution in [1.82, 2.24) is 14.1 Å². The Morgan fingerprint density at radius 1 is 1.09 bits per heavy atom. The van der Waals surface area contributed by atoms with Crippen molar-refractivity contribution in [2.45, 2.75) is 25.3 Å². The van der Waals surface area contributed by atoms with E-state index in [1.165, 1.54) is 18.8 Å². The molecule has 0 N–H and O–H groups in total. The van der Waals surface area contributed by atoms with Crippen LogP contribution < -0.4 is 16.0 Å². The third kappa shape index (κ3) is 4.10. The second-order valence-electron chi connectivity index (χ2n) is 8.37.